The summed E-state index contributed by atoms with van der Waals surface area (Å²) in [6.07, 6.45) is 8.42. The fraction of sp³-hybridized carbons (Fsp3) is 0.857. The number of rotatable bonds is 0. The molecular weight excluding hydrogens is 84.1 g/mol. The first kappa shape index (κ1) is 3.94. The molecular formula is C7H11. The molecule has 39 valence electrons. The lowest BCUT2D eigenvalue weighted by Crippen LogP contribution is -2.28. The number of hydrogen-bond acceptors (Lipinski definition) is 0. The Morgan fingerprint density at radius 2 is 1.57 bits per heavy atom. The molecule has 0 aliphatic heterocycles. The Morgan fingerprint density at radius 1 is 1.00 bits per heavy atom. The standard InChI is InChI=1S/C7H11/c1-2-6-4-7(3-1)5-6/h1,6-7H,2-5H2. The second kappa shape index (κ2) is 1.24. The van der Waals surface area contributed by atoms with Crippen LogP contribution < -0.4 is 0 Å². The summed E-state index contributed by atoms with van der Waals surface area (Å²) >= 11 is 0. The molecule has 0 nitrogen and oxygen atoms in total. The van der Waals surface area contributed by atoms with Gasteiger partial charge >= 0.3 is 0 Å². The SMILES string of the molecule is [CH]1CC2CC(C1)C2. The quantitative estimate of drug-likeness (QED) is 0.431. The summed E-state index contributed by atoms with van der Waals surface area (Å²) in [5, 5.41) is 0. The lowest BCUT2D eigenvalue weighted by atomic mass is 9.65. The second-order valence-corrected chi connectivity index (χ2v) is 2.96. The highest BCUT2D eigenvalue weighted by Gasteiger charge is 2.32. The van der Waals surface area contributed by atoms with E-state index < -0.39 is 0 Å². The minimum absolute atomic E-state index is 1.12. The van der Waals surface area contributed by atoms with Crippen molar-refractivity contribution < 1.29 is 0 Å². The van der Waals surface area contributed by atoms with Crippen LogP contribution in [0.2, 0.25) is 0 Å². The van der Waals surface area contributed by atoms with Crippen LogP contribution in [-0.4, -0.2) is 0 Å². The van der Waals surface area contributed by atoms with Crippen molar-refractivity contribution in [2.75, 3.05) is 0 Å². The van der Waals surface area contributed by atoms with Crippen LogP contribution in [0.1, 0.15) is 25.7 Å². The second-order valence-electron chi connectivity index (χ2n) is 2.96. The Labute approximate surface area is 44.9 Å². The van der Waals surface area contributed by atoms with Crippen molar-refractivity contribution in [1.82, 2.24) is 0 Å². The van der Waals surface area contributed by atoms with Gasteiger partial charge in [0.15, 0.2) is 0 Å². The average Bonchev–Trinajstić information content (AvgIpc) is 1.67. The van der Waals surface area contributed by atoms with Crippen molar-refractivity contribution >= 4 is 0 Å². The van der Waals surface area contributed by atoms with Crippen LogP contribution in [0.25, 0.3) is 0 Å². The number of fused-ring (bicyclic) bond motifs is 2. The molecule has 0 spiro atoms. The summed E-state index contributed by atoms with van der Waals surface area (Å²) in [6.45, 7) is 0. The highest BCUT2D eigenvalue weighted by Crippen LogP contribution is 2.44. The van der Waals surface area contributed by atoms with E-state index in [0.717, 1.165) is 11.8 Å². The van der Waals surface area contributed by atoms with E-state index in [2.05, 4.69) is 6.42 Å². The largest absolute Gasteiger partial charge is 0.0475 e. The van der Waals surface area contributed by atoms with Crippen molar-refractivity contribution in [1.29, 1.82) is 0 Å². The van der Waals surface area contributed by atoms with Gasteiger partial charge in [-0.1, -0.05) is 0 Å². The van der Waals surface area contributed by atoms with E-state index in [1.807, 2.05) is 0 Å². The van der Waals surface area contributed by atoms with Crippen LogP contribution in [-0.2, 0) is 0 Å². The predicted octanol–water partition coefficient (Wildman–Crippen LogP) is 2.01. The Kier molecular flexibility index (Phi) is 0.697. The summed E-state index contributed by atoms with van der Waals surface area (Å²) in [5.41, 5.74) is 0. The third kappa shape index (κ3) is 0.490. The van der Waals surface area contributed by atoms with E-state index in [-0.39, 0.29) is 0 Å². The zero-order valence-corrected chi connectivity index (χ0v) is 4.56. The van der Waals surface area contributed by atoms with Gasteiger partial charge in [0.05, 0.1) is 0 Å². The molecule has 0 aromatic heterocycles. The minimum atomic E-state index is 1.12. The third-order valence-corrected chi connectivity index (χ3v) is 2.33. The van der Waals surface area contributed by atoms with Crippen LogP contribution in [0.4, 0.5) is 0 Å². The Morgan fingerprint density at radius 3 is 1.71 bits per heavy atom. The Bertz CT molecular complexity index is 56.6. The van der Waals surface area contributed by atoms with Gasteiger partial charge in [-0.2, -0.15) is 0 Å². The van der Waals surface area contributed by atoms with Crippen LogP contribution >= 0.6 is 0 Å². The lowest BCUT2D eigenvalue weighted by Gasteiger charge is -2.40. The first-order valence-electron chi connectivity index (χ1n) is 3.27. The first-order valence-corrected chi connectivity index (χ1v) is 3.27. The van der Waals surface area contributed by atoms with Crippen LogP contribution in [0.15, 0.2) is 0 Å². The molecule has 0 saturated heterocycles. The fourth-order valence-corrected chi connectivity index (χ4v) is 1.83. The maximum Gasteiger partial charge on any atom is -0.0380 e. The minimum Gasteiger partial charge on any atom is -0.0475 e. The molecule has 3 aliphatic rings. The molecule has 3 fully saturated rings. The normalized spacial score (nSPS) is 48.0. The van der Waals surface area contributed by atoms with E-state index in [9.17, 15) is 0 Å². The third-order valence-electron chi connectivity index (χ3n) is 2.33. The molecule has 3 aliphatic carbocycles. The molecule has 7 heavy (non-hydrogen) atoms. The van der Waals surface area contributed by atoms with Gasteiger partial charge in [0, 0.05) is 0 Å². The average molecular weight is 95.2 g/mol. The zero-order chi connectivity index (χ0) is 4.69. The van der Waals surface area contributed by atoms with Crippen LogP contribution in [0, 0.1) is 18.3 Å². The molecule has 3 saturated carbocycles. The van der Waals surface area contributed by atoms with Crippen molar-refractivity contribution in [3.8, 4) is 0 Å². The molecule has 0 N–H and O–H groups in total. The molecule has 0 aromatic carbocycles. The van der Waals surface area contributed by atoms with E-state index in [0.29, 0.717) is 0 Å². The van der Waals surface area contributed by atoms with E-state index in [4.69, 9.17) is 0 Å². The topological polar surface area (TPSA) is 0 Å². The monoisotopic (exact) mass is 95.1 g/mol. The summed E-state index contributed by atoms with van der Waals surface area (Å²) < 4.78 is 0. The maximum atomic E-state index is 2.46. The van der Waals surface area contributed by atoms with Gasteiger partial charge in [0.1, 0.15) is 0 Å². The molecule has 2 bridgehead atoms. The zero-order valence-electron chi connectivity index (χ0n) is 4.56. The highest BCUT2D eigenvalue weighted by molar-refractivity contribution is 4.92. The highest BCUT2D eigenvalue weighted by atomic mass is 14.4. The molecule has 0 unspecified atom stereocenters. The van der Waals surface area contributed by atoms with Gasteiger partial charge in [0.25, 0.3) is 0 Å². The summed E-state index contributed by atoms with van der Waals surface area (Å²) in [4.78, 5) is 0. The predicted molar refractivity (Wildman–Crippen MR) is 29.7 cm³/mol. The van der Waals surface area contributed by atoms with Gasteiger partial charge in [-0.05, 0) is 43.9 Å². The summed E-state index contributed by atoms with van der Waals surface area (Å²) in [5.74, 6) is 2.25. The van der Waals surface area contributed by atoms with Crippen molar-refractivity contribution in [3.63, 3.8) is 0 Å². The van der Waals surface area contributed by atoms with Gasteiger partial charge in [-0.3, -0.25) is 0 Å². The van der Waals surface area contributed by atoms with E-state index in [1.165, 1.54) is 12.8 Å². The first-order chi connectivity index (χ1) is 3.45. The summed E-state index contributed by atoms with van der Waals surface area (Å²) in [6, 6.07) is 0. The van der Waals surface area contributed by atoms with Crippen LogP contribution in [0.5, 0.6) is 0 Å². The van der Waals surface area contributed by atoms with Crippen molar-refractivity contribution in [2.24, 2.45) is 11.8 Å². The molecule has 0 amide bonds. The van der Waals surface area contributed by atoms with E-state index in [1.54, 1.807) is 12.8 Å². The maximum absolute atomic E-state index is 2.46. The molecule has 1 radical (unpaired) electrons. The molecule has 0 heteroatoms. The Hall–Kier alpha value is 0. The lowest BCUT2D eigenvalue weighted by molar-refractivity contribution is 0.150. The van der Waals surface area contributed by atoms with Crippen molar-refractivity contribution in [3.05, 3.63) is 6.42 Å². The van der Waals surface area contributed by atoms with Gasteiger partial charge in [-0.15, -0.1) is 0 Å². The molecule has 0 heterocycles. The fourth-order valence-electron chi connectivity index (χ4n) is 1.83. The molecule has 0 aromatic rings. The Balaban J connectivity index is 1.99. The van der Waals surface area contributed by atoms with Crippen LogP contribution in [0.3, 0.4) is 0 Å². The van der Waals surface area contributed by atoms with E-state index >= 15 is 0 Å². The smallest absolute Gasteiger partial charge is 0.0380 e. The van der Waals surface area contributed by atoms with Gasteiger partial charge < -0.3 is 0 Å². The summed E-state index contributed by atoms with van der Waals surface area (Å²) in [7, 11) is 0. The number of hydrogen-bond donors (Lipinski definition) is 0. The van der Waals surface area contributed by atoms with Gasteiger partial charge in [-0.25, -0.2) is 0 Å². The molecule has 0 atom stereocenters. The van der Waals surface area contributed by atoms with Gasteiger partial charge in [0.2, 0.25) is 0 Å². The van der Waals surface area contributed by atoms with Crippen molar-refractivity contribution in [2.45, 2.75) is 25.7 Å². The molecule has 3 rings (SSSR count).